The average molecular weight is 769 g/mol. The van der Waals surface area contributed by atoms with E-state index in [0.717, 1.165) is 45.3 Å². The van der Waals surface area contributed by atoms with E-state index < -0.39 is 17.0 Å². The first-order valence-electron chi connectivity index (χ1n) is 19.1. The van der Waals surface area contributed by atoms with Gasteiger partial charge in [-0.05, 0) is 121 Å². The van der Waals surface area contributed by atoms with Gasteiger partial charge >= 0.3 is 12.2 Å². The van der Waals surface area contributed by atoms with E-state index in [1.165, 1.54) is 31.3 Å². The number of nitrogen functional groups attached to an aromatic ring is 1. The first-order chi connectivity index (χ1) is 25.6. The minimum atomic E-state index is -0.533. The summed E-state index contributed by atoms with van der Waals surface area (Å²) in [6, 6.07) is 8.80. The number of benzene rings is 2. The molecule has 3 amide bonds. The number of rotatable bonds is 5. The summed E-state index contributed by atoms with van der Waals surface area (Å²) in [4.78, 5) is 61.3. The Balaban J connectivity index is 0.000000203. The molecule has 2 heterocycles. The molecular formula is C42H58F2N4O7. The summed E-state index contributed by atoms with van der Waals surface area (Å²) in [5.74, 6) is -0.465. The van der Waals surface area contributed by atoms with Crippen LogP contribution in [0.25, 0.3) is 0 Å². The number of halogens is 2. The molecule has 0 aromatic heterocycles. The molecule has 11 nitrogen and oxygen atoms in total. The molecule has 2 aliphatic heterocycles. The standard InChI is InChI=1S/C21H29FN2O3.C12H19NO3.C9H10FNO/c1-20(2,3)27-19(26)24-8-7-21(13-24)11-14(12-21)9-15-5-6-16(10-17(15)22)18(25)23-4;1-11(2,3)16-10(15)13-5-4-12(8-13)6-9(14)7-12;1-2-9(12)6-3-4-8(11)7(10)5-6/h5-6,10,14H,7-9,11-13H2,1-4H3,(H,23,25);4-8H2,1-3H3;3-5H,2,11H2,1H3. The highest BCUT2D eigenvalue weighted by molar-refractivity contribution is 5.96. The zero-order valence-corrected chi connectivity index (χ0v) is 33.6. The van der Waals surface area contributed by atoms with E-state index in [0.29, 0.717) is 60.6 Å². The van der Waals surface area contributed by atoms with Crippen molar-refractivity contribution in [2.24, 2.45) is 16.7 Å². The number of ether oxygens (including phenoxy) is 2. The van der Waals surface area contributed by atoms with Crippen molar-refractivity contribution in [1.29, 1.82) is 0 Å². The lowest BCUT2D eigenvalue weighted by molar-refractivity contribution is -0.132. The van der Waals surface area contributed by atoms with Crippen molar-refractivity contribution < 1.29 is 42.2 Å². The molecule has 55 heavy (non-hydrogen) atoms. The Morgan fingerprint density at radius 2 is 1.33 bits per heavy atom. The average Bonchev–Trinajstić information content (AvgIpc) is 3.72. The number of likely N-dealkylation sites (tertiary alicyclic amines) is 2. The number of nitrogens with one attached hydrogen (secondary N) is 1. The topological polar surface area (TPSA) is 148 Å². The molecule has 4 aliphatic rings. The first-order valence-corrected chi connectivity index (χ1v) is 19.1. The van der Waals surface area contributed by atoms with Crippen molar-refractivity contribution in [3.8, 4) is 0 Å². The van der Waals surface area contributed by atoms with Gasteiger partial charge in [0, 0.05) is 69.0 Å². The van der Waals surface area contributed by atoms with Crippen LogP contribution in [0.1, 0.15) is 120 Å². The van der Waals surface area contributed by atoms with Gasteiger partial charge in [0.25, 0.3) is 5.91 Å². The van der Waals surface area contributed by atoms with Gasteiger partial charge in [0.05, 0.1) is 5.69 Å². The SMILES string of the molecule is CC(C)(C)OC(=O)N1CCC2(CC(=O)C2)C1.CCC(=O)c1ccc(N)c(F)c1.CNC(=O)c1ccc(CC2CC3(CCN(C(=O)OC(C)(C)C)C3)C2)c(F)c1. The van der Waals surface area contributed by atoms with Gasteiger partial charge in [0.15, 0.2) is 5.78 Å². The maximum atomic E-state index is 14.3. The predicted octanol–water partition coefficient (Wildman–Crippen LogP) is 7.74. The zero-order chi connectivity index (χ0) is 40.9. The monoisotopic (exact) mass is 768 g/mol. The summed E-state index contributed by atoms with van der Waals surface area (Å²) < 4.78 is 37.9. The van der Waals surface area contributed by atoms with Gasteiger partial charge in [-0.2, -0.15) is 0 Å². The van der Waals surface area contributed by atoms with Crippen molar-refractivity contribution in [2.45, 2.75) is 111 Å². The highest BCUT2D eigenvalue weighted by Crippen LogP contribution is 2.53. The minimum Gasteiger partial charge on any atom is -0.444 e. The van der Waals surface area contributed by atoms with Crippen LogP contribution in [0.4, 0.5) is 24.1 Å². The summed E-state index contributed by atoms with van der Waals surface area (Å²) in [6.07, 6.45) is 5.79. The maximum Gasteiger partial charge on any atom is 0.410 e. The predicted molar refractivity (Wildman–Crippen MR) is 206 cm³/mol. The van der Waals surface area contributed by atoms with E-state index in [1.807, 2.05) is 41.5 Å². The Kier molecular flexibility index (Phi) is 13.4. The van der Waals surface area contributed by atoms with Crippen molar-refractivity contribution >= 4 is 35.3 Å². The molecule has 302 valence electrons. The second-order valence-electron chi connectivity index (χ2n) is 17.6. The van der Waals surface area contributed by atoms with Crippen LogP contribution in [0, 0.1) is 28.4 Å². The van der Waals surface area contributed by atoms with Crippen LogP contribution in [0.3, 0.4) is 0 Å². The molecule has 2 aliphatic carbocycles. The van der Waals surface area contributed by atoms with E-state index in [-0.39, 0.29) is 46.2 Å². The van der Waals surface area contributed by atoms with Crippen LogP contribution < -0.4 is 11.1 Å². The van der Waals surface area contributed by atoms with Crippen LogP contribution in [0.15, 0.2) is 36.4 Å². The number of ketones is 2. The Hall–Kier alpha value is -4.55. The molecule has 2 spiro atoms. The van der Waals surface area contributed by atoms with Crippen LogP contribution >= 0.6 is 0 Å². The summed E-state index contributed by atoms with van der Waals surface area (Å²) in [6.45, 7) is 15.8. The second-order valence-corrected chi connectivity index (χ2v) is 17.6. The highest BCUT2D eigenvalue weighted by atomic mass is 19.1. The minimum absolute atomic E-state index is 0.0719. The molecular weight excluding hydrogens is 710 g/mol. The molecule has 6 rings (SSSR count). The lowest BCUT2D eigenvalue weighted by atomic mass is 9.60. The van der Waals surface area contributed by atoms with Crippen molar-refractivity contribution in [3.05, 3.63) is 64.7 Å². The number of carbonyl (C=O) groups excluding carboxylic acids is 5. The number of amides is 3. The van der Waals surface area contributed by atoms with Crippen molar-refractivity contribution in [1.82, 2.24) is 15.1 Å². The normalized spacial score (nSPS) is 21.1. The molecule has 13 heteroatoms. The van der Waals surface area contributed by atoms with Gasteiger partial charge in [-0.1, -0.05) is 13.0 Å². The first kappa shape index (κ1) is 43.2. The summed E-state index contributed by atoms with van der Waals surface area (Å²) in [5.41, 5.74) is 6.03. The van der Waals surface area contributed by atoms with Gasteiger partial charge < -0.3 is 30.3 Å². The third-order valence-corrected chi connectivity index (χ3v) is 10.5. The van der Waals surface area contributed by atoms with Gasteiger partial charge in [0.1, 0.15) is 28.6 Å². The fraction of sp³-hybridized carbons (Fsp3) is 0.595. The zero-order valence-electron chi connectivity index (χ0n) is 33.6. The third kappa shape index (κ3) is 11.7. The van der Waals surface area contributed by atoms with Crippen molar-refractivity contribution in [3.63, 3.8) is 0 Å². The Morgan fingerprint density at radius 1 is 0.818 bits per heavy atom. The molecule has 0 radical (unpaired) electrons. The maximum absolute atomic E-state index is 14.3. The molecule has 2 aromatic rings. The number of nitrogens with zero attached hydrogens (tertiary/aromatic N) is 2. The largest absolute Gasteiger partial charge is 0.444 e. The Labute approximate surface area is 323 Å². The van der Waals surface area contributed by atoms with Gasteiger partial charge in [0.2, 0.25) is 0 Å². The molecule has 3 N–H and O–H groups in total. The fourth-order valence-corrected chi connectivity index (χ4v) is 7.76. The van der Waals surface area contributed by atoms with Gasteiger partial charge in [-0.3, -0.25) is 14.4 Å². The molecule has 0 unspecified atom stereocenters. The van der Waals surface area contributed by atoms with Crippen LogP contribution in [-0.2, 0) is 20.7 Å². The third-order valence-electron chi connectivity index (χ3n) is 10.5. The highest BCUT2D eigenvalue weighted by Gasteiger charge is 2.50. The molecule has 0 bridgehead atoms. The van der Waals surface area contributed by atoms with Crippen LogP contribution in [0.5, 0.6) is 0 Å². The lowest BCUT2D eigenvalue weighted by Crippen LogP contribution is -2.42. The summed E-state index contributed by atoms with van der Waals surface area (Å²) >= 11 is 0. The number of hydrogen-bond acceptors (Lipinski definition) is 8. The number of nitrogens with two attached hydrogens (primary N) is 1. The smallest absolute Gasteiger partial charge is 0.410 e. The van der Waals surface area contributed by atoms with Crippen LogP contribution in [-0.4, -0.2) is 83.9 Å². The molecule has 2 aromatic carbocycles. The number of carbonyl (C=O) groups is 5. The molecule has 2 saturated carbocycles. The molecule has 2 saturated heterocycles. The summed E-state index contributed by atoms with van der Waals surface area (Å²) in [7, 11) is 1.53. The van der Waals surface area contributed by atoms with Crippen LogP contribution in [0.2, 0.25) is 0 Å². The summed E-state index contributed by atoms with van der Waals surface area (Å²) in [5, 5.41) is 2.50. The van der Waals surface area contributed by atoms with E-state index in [4.69, 9.17) is 15.2 Å². The van der Waals surface area contributed by atoms with Gasteiger partial charge in [-0.15, -0.1) is 0 Å². The lowest BCUT2D eigenvalue weighted by Gasteiger charge is -2.45. The molecule has 4 fully saturated rings. The number of Topliss-reactive ketones (excluding diaryl/α,β-unsaturated/α-hetero) is 2. The fourth-order valence-electron chi connectivity index (χ4n) is 7.76. The van der Waals surface area contributed by atoms with Crippen molar-refractivity contribution in [2.75, 3.05) is 39.0 Å². The number of hydrogen-bond donors (Lipinski definition) is 2. The van der Waals surface area contributed by atoms with E-state index in [9.17, 15) is 32.8 Å². The van der Waals surface area contributed by atoms with Gasteiger partial charge in [-0.25, -0.2) is 18.4 Å². The Morgan fingerprint density at radius 3 is 1.80 bits per heavy atom. The van der Waals surface area contributed by atoms with E-state index in [2.05, 4.69) is 5.32 Å². The van der Waals surface area contributed by atoms with E-state index >= 15 is 0 Å². The Bertz CT molecular complexity index is 1750. The van der Waals surface area contributed by atoms with E-state index in [1.54, 1.807) is 28.9 Å². The number of anilines is 1. The second kappa shape index (κ2) is 17.1. The molecule has 0 atom stereocenters. The quantitative estimate of drug-likeness (QED) is 0.232.